The van der Waals surface area contributed by atoms with Crippen LogP contribution in [0.3, 0.4) is 0 Å². The fourth-order valence-corrected chi connectivity index (χ4v) is 3.87. The van der Waals surface area contributed by atoms with Crippen molar-refractivity contribution in [3.8, 4) is 11.3 Å². The van der Waals surface area contributed by atoms with Gasteiger partial charge in [0.2, 0.25) is 0 Å². The molecular weight excluding hydrogens is 398 g/mol. The van der Waals surface area contributed by atoms with Crippen molar-refractivity contribution in [1.29, 1.82) is 0 Å². The third-order valence-electron chi connectivity index (χ3n) is 4.38. The summed E-state index contributed by atoms with van der Waals surface area (Å²) < 4.78 is 27.6. The maximum absolute atomic E-state index is 12.5. The average molecular weight is 417 g/mol. The molecule has 4 aromatic rings. The van der Waals surface area contributed by atoms with E-state index in [2.05, 4.69) is 25.0 Å². The van der Waals surface area contributed by atoms with Crippen molar-refractivity contribution in [2.24, 2.45) is 0 Å². The molecule has 0 unspecified atom stereocenters. The van der Waals surface area contributed by atoms with Crippen LogP contribution in [0.2, 0.25) is 0 Å². The van der Waals surface area contributed by atoms with Crippen LogP contribution in [0.25, 0.3) is 11.3 Å². The minimum absolute atomic E-state index is 0.222. The number of aromatic nitrogens is 3. The lowest BCUT2D eigenvalue weighted by atomic mass is 10.2. The van der Waals surface area contributed by atoms with Crippen molar-refractivity contribution in [2.75, 3.05) is 10.0 Å². The Hall–Kier alpha value is -3.78. The summed E-state index contributed by atoms with van der Waals surface area (Å²) in [4.78, 5) is 12.8. The Labute approximate surface area is 174 Å². The molecule has 2 heterocycles. The number of aryl methyl sites for hydroxylation is 1. The molecular formula is C22H19N5O2S. The van der Waals surface area contributed by atoms with Crippen molar-refractivity contribution in [1.82, 2.24) is 15.0 Å². The molecule has 0 radical (unpaired) electrons. The molecule has 150 valence electrons. The van der Waals surface area contributed by atoms with Gasteiger partial charge in [-0.25, -0.2) is 18.4 Å². The molecule has 0 spiro atoms. The number of sulfonamides is 1. The highest BCUT2D eigenvalue weighted by Gasteiger charge is 2.13. The van der Waals surface area contributed by atoms with Crippen molar-refractivity contribution in [3.63, 3.8) is 0 Å². The summed E-state index contributed by atoms with van der Waals surface area (Å²) in [6.45, 7) is 1.91. The summed E-state index contributed by atoms with van der Waals surface area (Å²) in [5.41, 5.74) is 3.96. The summed E-state index contributed by atoms with van der Waals surface area (Å²) in [7, 11) is -3.63. The van der Waals surface area contributed by atoms with E-state index in [-0.39, 0.29) is 4.90 Å². The Kier molecular flexibility index (Phi) is 5.40. The van der Waals surface area contributed by atoms with Crippen molar-refractivity contribution in [3.05, 3.63) is 91.0 Å². The number of rotatable bonds is 6. The quantitative estimate of drug-likeness (QED) is 0.483. The lowest BCUT2D eigenvalue weighted by Gasteiger charge is -2.10. The van der Waals surface area contributed by atoms with Crippen LogP contribution in [0.1, 0.15) is 5.56 Å². The maximum atomic E-state index is 12.5. The third kappa shape index (κ3) is 4.61. The van der Waals surface area contributed by atoms with E-state index in [1.165, 1.54) is 6.33 Å². The monoisotopic (exact) mass is 417 g/mol. The molecule has 0 saturated heterocycles. The van der Waals surface area contributed by atoms with Crippen LogP contribution in [-0.4, -0.2) is 23.4 Å². The smallest absolute Gasteiger partial charge is 0.261 e. The maximum Gasteiger partial charge on any atom is 0.261 e. The Balaban J connectivity index is 1.47. The van der Waals surface area contributed by atoms with Gasteiger partial charge in [0, 0.05) is 35.4 Å². The van der Waals surface area contributed by atoms with Gasteiger partial charge in [0.15, 0.2) is 0 Å². The second-order valence-electron chi connectivity index (χ2n) is 6.65. The Morgan fingerprint density at radius 3 is 2.17 bits per heavy atom. The van der Waals surface area contributed by atoms with Gasteiger partial charge in [-0.1, -0.05) is 17.7 Å². The van der Waals surface area contributed by atoms with Gasteiger partial charge in [0.25, 0.3) is 10.0 Å². The number of pyridine rings is 1. The SMILES string of the molecule is Cc1ccc(S(=O)(=O)Nc2ccc(Nc3cc(-c4ccncc4)ncn3)cc2)cc1. The lowest BCUT2D eigenvalue weighted by Crippen LogP contribution is -2.12. The number of nitrogens with one attached hydrogen (secondary N) is 2. The van der Waals surface area contributed by atoms with E-state index < -0.39 is 10.0 Å². The molecule has 7 nitrogen and oxygen atoms in total. The van der Waals surface area contributed by atoms with Crippen molar-refractivity contribution < 1.29 is 8.42 Å². The first-order valence-corrected chi connectivity index (χ1v) is 10.7. The van der Waals surface area contributed by atoms with Gasteiger partial charge in [0.05, 0.1) is 10.6 Å². The predicted octanol–water partition coefficient (Wildman–Crippen LogP) is 4.39. The Morgan fingerprint density at radius 2 is 1.47 bits per heavy atom. The van der Waals surface area contributed by atoms with E-state index >= 15 is 0 Å². The van der Waals surface area contributed by atoms with E-state index in [9.17, 15) is 8.42 Å². The van der Waals surface area contributed by atoms with Gasteiger partial charge < -0.3 is 5.32 Å². The number of anilines is 3. The Morgan fingerprint density at radius 1 is 0.800 bits per heavy atom. The van der Waals surface area contributed by atoms with Crippen LogP contribution in [0.5, 0.6) is 0 Å². The fourth-order valence-electron chi connectivity index (χ4n) is 2.81. The molecule has 30 heavy (non-hydrogen) atoms. The van der Waals surface area contributed by atoms with Crippen LogP contribution in [0.15, 0.2) is 90.3 Å². The average Bonchev–Trinajstić information content (AvgIpc) is 2.76. The van der Waals surface area contributed by atoms with Gasteiger partial charge >= 0.3 is 0 Å². The molecule has 0 aliphatic heterocycles. The molecule has 8 heteroatoms. The molecule has 0 amide bonds. The van der Waals surface area contributed by atoms with Crippen LogP contribution in [0, 0.1) is 6.92 Å². The van der Waals surface area contributed by atoms with E-state index in [4.69, 9.17) is 0 Å². The van der Waals surface area contributed by atoms with E-state index in [0.29, 0.717) is 11.5 Å². The third-order valence-corrected chi connectivity index (χ3v) is 5.78. The highest BCUT2D eigenvalue weighted by Crippen LogP contribution is 2.23. The van der Waals surface area contributed by atoms with Gasteiger partial charge in [-0.2, -0.15) is 0 Å². The minimum Gasteiger partial charge on any atom is -0.340 e. The van der Waals surface area contributed by atoms with Gasteiger partial charge in [-0.15, -0.1) is 0 Å². The molecule has 0 bridgehead atoms. The number of hydrogen-bond donors (Lipinski definition) is 2. The lowest BCUT2D eigenvalue weighted by molar-refractivity contribution is 0.601. The van der Waals surface area contributed by atoms with Gasteiger partial charge in [-0.05, 0) is 55.5 Å². The van der Waals surface area contributed by atoms with E-state index in [0.717, 1.165) is 22.5 Å². The molecule has 2 N–H and O–H groups in total. The molecule has 2 aromatic heterocycles. The normalized spacial score (nSPS) is 11.1. The zero-order valence-corrected chi connectivity index (χ0v) is 17.0. The van der Waals surface area contributed by atoms with Crippen LogP contribution in [-0.2, 0) is 10.0 Å². The van der Waals surface area contributed by atoms with Gasteiger partial charge in [-0.3, -0.25) is 9.71 Å². The first-order valence-electron chi connectivity index (χ1n) is 9.19. The first-order chi connectivity index (χ1) is 14.5. The number of nitrogens with zero attached hydrogens (tertiary/aromatic N) is 3. The summed E-state index contributed by atoms with van der Waals surface area (Å²) >= 11 is 0. The highest BCUT2D eigenvalue weighted by atomic mass is 32.2. The Bertz CT molecular complexity index is 1240. The number of benzene rings is 2. The van der Waals surface area contributed by atoms with Crippen molar-refractivity contribution >= 4 is 27.2 Å². The van der Waals surface area contributed by atoms with Crippen LogP contribution < -0.4 is 10.0 Å². The molecule has 0 atom stereocenters. The van der Waals surface area contributed by atoms with E-state index in [1.807, 2.05) is 25.1 Å². The summed E-state index contributed by atoms with van der Waals surface area (Å²) in [6.07, 6.45) is 4.91. The second kappa shape index (κ2) is 8.30. The summed E-state index contributed by atoms with van der Waals surface area (Å²) in [5, 5.41) is 3.20. The topological polar surface area (TPSA) is 96.9 Å². The van der Waals surface area contributed by atoms with Crippen LogP contribution in [0.4, 0.5) is 17.2 Å². The molecule has 0 aliphatic carbocycles. The molecule has 2 aromatic carbocycles. The summed E-state index contributed by atoms with van der Waals surface area (Å²) in [5.74, 6) is 0.629. The zero-order chi connectivity index (χ0) is 21.0. The predicted molar refractivity (Wildman–Crippen MR) is 117 cm³/mol. The molecule has 0 saturated carbocycles. The first kappa shape index (κ1) is 19.5. The standard InChI is InChI=1S/C22H19N5O2S/c1-16-2-8-20(9-3-16)30(28,29)27-19-6-4-18(5-7-19)26-22-14-21(24-15-25-22)17-10-12-23-13-11-17/h2-15,27H,1H3,(H,24,25,26). The summed E-state index contributed by atoms with van der Waals surface area (Å²) in [6, 6.07) is 19.2. The molecule has 0 aliphatic rings. The molecule has 4 rings (SSSR count). The van der Waals surface area contributed by atoms with Gasteiger partial charge in [0.1, 0.15) is 12.1 Å². The highest BCUT2D eigenvalue weighted by molar-refractivity contribution is 7.92. The van der Waals surface area contributed by atoms with Crippen LogP contribution >= 0.6 is 0 Å². The number of hydrogen-bond acceptors (Lipinski definition) is 6. The second-order valence-corrected chi connectivity index (χ2v) is 8.33. The fraction of sp³-hybridized carbons (Fsp3) is 0.0455. The van der Waals surface area contributed by atoms with Crippen molar-refractivity contribution in [2.45, 2.75) is 11.8 Å². The molecule has 0 fully saturated rings. The zero-order valence-electron chi connectivity index (χ0n) is 16.1. The minimum atomic E-state index is -3.63. The van der Waals surface area contributed by atoms with E-state index in [1.54, 1.807) is 60.9 Å². The largest absolute Gasteiger partial charge is 0.340 e.